The van der Waals surface area contributed by atoms with Crippen LogP contribution in [-0.4, -0.2) is 10.5 Å². The highest BCUT2D eigenvalue weighted by Gasteiger charge is 2.13. The van der Waals surface area contributed by atoms with Crippen LogP contribution in [-0.2, 0) is 19.4 Å². The molecule has 98 valence electrons. The van der Waals surface area contributed by atoms with Crippen LogP contribution < -0.4 is 5.32 Å². The summed E-state index contributed by atoms with van der Waals surface area (Å²) in [4.78, 5) is 6.17. The Balaban J connectivity index is 2.66. The summed E-state index contributed by atoms with van der Waals surface area (Å²) >= 11 is 1.89. The molecular formula is C14H26N2S. The van der Waals surface area contributed by atoms with E-state index in [1.165, 1.54) is 28.4 Å². The molecule has 3 heteroatoms. The van der Waals surface area contributed by atoms with Crippen LogP contribution in [0, 0.1) is 0 Å². The minimum Gasteiger partial charge on any atom is -0.307 e. The Morgan fingerprint density at radius 3 is 2.47 bits per heavy atom. The average Bonchev–Trinajstić information content (AvgIpc) is 2.65. The molecule has 0 bridgehead atoms. The highest BCUT2D eigenvalue weighted by molar-refractivity contribution is 7.11. The van der Waals surface area contributed by atoms with Gasteiger partial charge in [-0.05, 0) is 40.0 Å². The van der Waals surface area contributed by atoms with Crippen LogP contribution in [0.25, 0.3) is 0 Å². The molecule has 0 aliphatic heterocycles. The third-order valence-corrected chi connectivity index (χ3v) is 3.84. The lowest BCUT2D eigenvalue weighted by atomic mass is 10.1. The Hall–Kier alpha value is -0.410. The van der Waals surface area contributed by atoms with Crippen molar-refractivity contribution in [2.24, 2.45) is 0 Å². The van der Waals surface area contributed by atoms with Crippen molar-refractivity contribution < 1.29 is 0 Å². The number of thiazole rings is 1. The molecule has 0 spiro atoms. The van der Waals surface area contributed by atoms with Crippen molar-refractivity contribution in [3.63, 3.8) is 0 Å². The van der Waals surface area contributed by atoms with Crippen molar-refractivity contribution in [3.8, 4) is 0 Å². The summed E-state index contributed by atoms with van der Waals surface area (Å²) in [6.07, 6.45) is 4.69. The van der Waals surface area contributed by atoms with Crippen molar-refractivity contribution in [2.45, 2.75) is 72.4 Å². The number of aryl methyl sites for hydroxylation is 2. The zero-order valence-corrected chi connectivity index (χ0v) is 12.7. The number of hydrogen-bond donors (Lipinski definition) is 1. The first-order valence-corrected chi connectivity index (χ1v) is 7.50. The minimum atomic E-state index is 0.179. The van der Waals surface area contributed by atoms with E-state index in [4.69, 9.17) is 4.98 Å². The summed E-state index contributed by atoms with van der Waals surface area (Å²) in [5.74, 6) is 0. The van der Waals surface area contributed by atoms with Gasteiger partial charge in [0.1, 0.15) is 0 Å². The molecular weight excluding hydrogens is 228 g/mol. The van der Waals surface area contributed by atoms with E-state index in [1.807, 2.05) is 11.3 Å². The minimum absolute atomic E-state index is 0.179. The topological polar surface area (TPSA) is 24.9 Å². The molecule has 1 aromatic rings. The van der Waals surface area contributed by atoms with Crippen molar-refractivity contribution in [1.29, 1.82) is 0 Å². The predicted octanol–water partition coefficient (Wildman–Crippen LogP) is 3.94. The van der Waals surface area contributed by atoms with E-state index in [-0.39, 0.29) is 5.54 Å². The Morgan fingerprint density at radius 1 is 1.24 bits per heavy atom. The van der Waals surface area contributed by atoms with Crippen LogP contribution in [0.4, 0.5) is 0 Å². The van der Waals surface area contributed by atoms with E-state index in [9.17, 15) is 0 Å². The molecule has 17 heavy (non-hydrogen) atoms. The predicted molar refractivity (Wildman–Crippen MR) is 76.7 cm³/mol. The van der Waals surface area contributed by atoms with E-state index in [2.05, 4.69) is 39.9 Å². The lowest BCUT2D eigenvalue weighted by Crippen LogP contribution is -2.35. The first kappa shape index (κ1) is 14.7. The lowest BCUT2D eigenvalue weighted by molar-refractivity contribution is 0.425. The zero-order chi connectivity index (χ0) is 12.9. The van der Waals surface area contributed by atoms with Crippen LogP contribution in [0.15, 0.2) is 0 Å². The number of unbranched alkanes of at least 4 members (excludes halogenated alkanes) is 1. The SMILES string of the molecule is CCCCc1nc(CC)c(CNC(C)(C)C)s1. The molecule has 0 aliphatic carbocycles. The maximum atomic E-state index is 4.75. The number of hydrogen-bond acceptors (Lipinski definition) is 3. The van der Waals surface area contributed by atoms with Gasteiger partial charge in [-0.3, -0.25) is 0 Å². The van der Waals surface area contributed by atoms with Crippen molar-refractivity contribution in [3.05, 3.63) is 15.6 Å². The molecule has 1 N–H and O–H groups in total. The Bertz CT molecular complexity index is 336. The Kier molecular flexibility index (Phi) is 5.60. The van der Waals surface area contributed by atoms with Crippen molar-refractivity contribution in [1.82, 2.24) is 10.3 Å². The molecule has 1 aromatic heterocycles. The Morgan fingerprint density at radius 2 is 1.94 bits per heavy atom. The smallest absolute Gasteiger partial charge is 0.0931 e. The molecule has 0 saturated heterocycles. The van der Waals surface area contributed by atoms with Gasteiger partial charge < -0.3 is 5.32 Å². The molecule has 1 rings (SSSR count). The van der Waals surface area contributed by atoms with Gasteiger partial charge in [-0.1, -0.05) is 20.3 Å². The molecule has 0 fully saturated rings. The molecule has 0 atom stereocenters. The third kappa shape index (κ3) is 5.17. The molecule has 0 saturated carbocycles. The Labute approximate surface area is 110 Å². The fourth-order valence-corrected chi connectivity index (χ4v) is 2.77. The van der Waals surface area contributed by atoms with Gasteiger partial charge in [0.15, 0.2) is 0 Å². The summed E-state index contributed by atoms with van der Waals surface area (Å²) in [5.41, 5.74) is 1.47. The monoisotopic (exact) mass is 254 g/mol. The van der Waals surface area contributed by atoms with Gasteiger partial charge >= 0.3 is 0 Å². The first-order valence-electron chi connectivity index (χ1n) is 6.68. The maximum Gasteiger partial charge on any atom is 0.0931 e. The second-order valence-electron chi connectivity index (χ2n) is 5.54. The van der Waals surface area contributed by atoms with Gasteiger partial charge in [0.05, 0.1) is 10.7 Å². The fraction of sp³-hybridized carbons (Fsp3) is 0.786. The molecule has 2 nitrogen and oxygen atoms in total. The van der Waals surface area contributed by atoms with Gasteiger partial charge in [-0.15, -0.1) is 11.3 Å². The summed E-state index contributed by atoms with van der Waals surface area (Å²) in [6, 6.07) is 0. The summed E-state index contributed by atoms with van der Waals surface area (Å²) in [7, 11) is 0. The van der Waals surface area contributed by atoms with Crippen LogP contribution >= 0.6 is 11.3 Å². The summed E-state index contributed by atoms with van der Waals surface area (Å²) in [6.45, 7) is 12.0. The maximum absolute atomic E-state index is 4.75. The largest absolute Gasteiger partial charge is 0.307 e. The lowest BCUT2D eigenvalue weighted by Gasteiger charge is -2.20. The van der Waals surface area contributed by atoms with E-state index in [1.54, 1.807) is 0 Å². The summed E-state index contributed by atoms with van der Waals surface area (Å²) < 4.78 is 0. The first-order chi connectivity index (χ1) is 7.96. The average molecular weight is 254 g/mol. The van der Waals surface area contributed by atoms with Crippen molar-refractivity contribution in [2.75, 3.05) is 0 Å². The number of nitrogens with zero attached hydrogens (tertiary/aromatic N) is 1. The van der Waals surface area contributed by atoms with Crippen LogP contribution in [0.3, 0.4) is 0 Å². The molecule has 0 aromatic carbocycles. The highest BCUT2D eigenvalue weighted by Crippen LogP contribution is 2.21. The van der Waals surface area contributed by atoms with E-state index in [0.717, 1.165) is 19.4 Å². The molecule has 0 radical (unpaired) electrons. The van der Waals surface area contributed by atoms with Gasteiger partial charge in [-0.25, -0.2) is 4.98 Å². The fourth-order valence-electron chi connectivity index (χ4n) is 1.63. The van der Waals surface area contributed by atoms with E-state index in [0.29, 0.717) is 0 Å². The number of nitrogens with one attached hydrogen (secondary N) is 1. The van der Waals surface area contributed by atoms with Crippen LogP contribution in [0.5, 0.6) is 0 Å². The standard InChI is InChI=1S/C14H26N2S/c1-6-8-9-13-16-11(7-2)12(17-13)10-15-14(3,4)5/h15H,6-10H2,1-5H3. The molecule has 0 amide bonds. The summed E-state index contributed by atoms with van der Waals surface area (Å²) in [5, 5.41) is 4.87. The molecule has 1 heterocycles. The van der Waals surface area contributed by atoms with E-state index >= 15 is 0 Å². The van der Waals surface area contributed by atoms with E-state index < -0.39 is 0 Å². The van der Waals surface area contributed by atoms with Crippen LogP contribution in [0.2, 0.25) is 0 Å². The van der Waals surface area contributed by atoms with Crippen LogP contribution in [0.1, 0.15) is 63.0 Å². The third-order valence-electron chi connectivity index (χ3n) is 2.68. The second-order valence-corrected chi connectivity index (χ2v) is 6.71. The highest BCUT2D eigenvalue weighted by atomic mass is 32.1. The normalized spacial score (nSPS) is 12.1. The number of rotatable bonds is 6. The van der Waals surface area contributed by atoms with Gasteiger partial charge in [0, 0.05) is 17.0 Å². The van der Waals surface area contributed by atoms with Crippen molar-refractivity contribution >= 4 is 11.3 Å². The molecule has 0 aliphatic rings. The van der Waals surface area contributed by atoms with Gasteiger partial charge in [0.2, 0.25) is 0 Å². The second kappa shape index (κ2) is 6.50. The van der Waals surface area contributed by atoms with Gasteiger partial charge in [-0.2, -0.15) is 0 Å². The van der Waals surface area contributed by atoms with Gasteiger partial charge in [0.25, 0.3) is 0 Å². The molecule has 0 unspecified atom stereocenters. The number of aromatic nitrogens is 1. The quantitative estimate of drug-likeness (QED) is 0.832. The zero-order valence-electron chi connectivity index (χ0n) is 11.9.